The van der Waals surface area contributed by atoms with Crippen LogP contribution in [0.25, 0.3) is 32.3 Å². The number of carbonyl (C=O) groups excluding carboxylic acids is 7. The highest BCUT2D eigenvalue weighted by atomic mass is 32.1. The third-order valence-electron chi connectivity index (χ3n) is 16.6. The van der Waals surface area contributed by atoms with Gasteiger partial charge in [0.25, 0.3) is 5.91 Å². The van der Waals surface area contributed by atoms with E-state index >= 15 is 0 Å². The number of nitrogens with one attached hydrogen (secondary N) is 6. The van der Waals surface area contributed by atoms with Gasteiger partial charge < -0.3 is 108 Å². The van der Waals surface area contributed by atoms with E-state index in [0.717, 1.165) is 39.2 Å². The maximum Gasteiger partial charge on any atom is 0.251 e. The molecule has 3 saturated heterocycles. The van der Waals surface area contributed by atoms with Gasteiger partial charge in [-0.15, -0.1) is 10.2 Å². The first-order valence-corrected chi connectivity index (χ1v) is 31.9. The second kappa shape index (κ2) is 33.9. The number of nitrogens with two attached hydrogens (primary N) is 1. The molecule has 95 heavy (non-hydrogen) atoms. The summed E-state index contributed by atoms with van der Waals surface area (Å²) in [6, 6.07) is 13.7. The van der Waals surface area contributed by atoms with Crippen LogP contribution in [0.4, 0.5) is 0 Å². The minimum atomic E-state index is -2.09. The number of aliphatic hydroxyl groups excluding tert-OH is 8. The van der Waals surface area contributed by atoms with Gasteiger partial charge in [0.15, 0.2) is 11.5 Å². The Labute approximate surface area is 550 Å². The Morgan fingerprint density at radius 1 is 0.705 bits per heavy atom. The van der Waals surface area contributed by atoms with Crippen molar-refractivity contribution in [2.75, 3.05) is 72.9 Å². The summed E-state index contributed by atoms with van der Waals surface area (Å²) in [5, 5.41) is 123. The molecule has 3 fully saturated rings. The fraction of sp³-hybridized carbons (Fsp3) is 0.484. The molecule has 5 aromatic rings. The molecule has 514 valence electrons. The van der Waals surface area contributed by atoms with Crippen molar-refractivity contribution in [3.05, 3.63) is 102 Å². The number of rotatable bonds is 23. The largest absolute Gasteiger partial charge is 0.504 e. The number of hydrogen-bond donors (Lipinski definition) is 16. The first kappa shape index (κ1) is 72.5. The Bertz CT molecular complexity index is 3420. The van der Waals surface area contributed by atoms with Crippen LogP contribution in [-0.2, 0) is 39.9 Å². The molecule has 17 N–H and O–H groups in total. The lowest BCUT2D eigenvalue weighted by Gasteiger charge is -2.34. The number of aromatic nitrogens is 2. The van der Waals surface area contributed by atoms with Crippen molar-refractivity contribution in [1.29, 1.82) is 0 Å². The minimum Gasteiger partial charge on any atom is -0.504 e. The number of phenols is 1. The molecule has 3 aliphatic heterocycles. The van der Waals surface area contributed by atoms with E-state index in [1.54, 1.807) is 19.2 Å². The van der Waals surface area contributed by atoms with Crippen LogP contribution >= 0.6 is 11.3 Å². The topological polar surface area (TPSA) is 460 Å². The molecule has 0 aliphatic carbocycles. The van der Waals surface area contributed by atoms with E-state index in [4.69, 9.17) is 19.9 Å². The maximum absolute atomic E-state index is 14.8. The molecule has 4 aromatic carbocycles. The van der Waals surface area contributed by atoms with Crippen LogP contribution in [0.2, 0.25) is 0 Å². The highest BCUT2D eigenvalue weighted by Crippen LogP contribution is 2.33. The van der Waals surface area contributed by atoms with Gasteiger partial charge in [-0.3, -0.25) is 33.6 Å². The zero-order valence-electron chi connectivity index (χ0n) is 52.5. The van der Waals surface area contributed by atoms with Crippen molar-refractivity contribution in [3.63, 3.8) is 0 Å². The van der Waals surface area contributed by atoms with Crippen LogP contribution in [0.1, 0.15) is 49.0 Å². The smallest absolute Gasteiger partial charge is 0.251 e. The van der Waals surface area contributed by atoms with E-state index in [1.165, 1.54) is 48.6 Å². The molecule has 0 spiro atoms. The summed E-state index contributed by atoms with van der Waals surface area (Å²) >= 11 is 1.30. The van der Waals surface area contributed by atoms with Gasteiger partial charge in [0.1, 0.15) is 65.2 Å². The molecule has 31 heteroatoms. The van der Waals surface area contributed by atoms with E-state index in [-0.39, 0.29) is 68.5 Å². The summed E-state index contributed by atoms with van der Waals surface area (Å²) in [5.41, 5.74) is 9.38. The standard InChI is InChI=1S/C64H83N11O19S/c1-33-29-75-54(55(33)84)60(89)67-28-42(79)26-45(68-56(85)38-7-11-40(12-8-38)62-73-72-61(95-62)39-9-5-36(6-10-39)37-13-15-44(16-14-37)93-23-22-92-3)57(86)69-51(34(2)78)63(90)74-30-43(80)27-46(74)58(87)70-52(59(88)71-53(64(75)91)48(82)18-19-65)49(83)24-35-4-17-47(81)50(25-35)94-21-20-66-41(31-76)32-77/h4-17,25,33-34,41-43,45-46,48-49,51-55,66,76-84H,18-24,26-32,65H2,1-3H3,(H,67,89)(H,68,85)(H,69,86)(H,70,87)(H,71,88)/t33-,34+,42+,43+,45-,46-,48+,49+,51-,52-,53-,54-,55-/m0/s1. The molecule has 0 saturated carbocycles. The zero-order chi connectivity index (χ0) is 68.6. The number of nitrogens with zero attached hydrogens (tertiary/aromatic N) is 4. The SMILES string of the molecule is COCCOc1ccc(-c2ccc(-c3nnc(-c4ccc(C(=O)N[C@H]5C[C@@H](O)CNC(=O)[C@@H]6[C@@H](O)[C@@H](C)CN6C(=O)[C@H]([C@H](O)CCN)NC(=O)[C@H]([C@H](O)Cc6ccc(O)c(OCCNC(CO)CO)c6)NC(=O)[C@@H]6C[C@@H](O)CN6C(=O)[C@H]([C@@H](C)O)NC5=O)cc4)s3)cc2)cc1. The summed E-state index contributed by atoms with van der Waals surface area (Å²) in [6.45, 7) is 1.06. The fourth-order valence-electron chi connectivity index (χ4n) is 11.3. The monoisotopic (exact) mass is 1340 g/mol. The Kier molecular flexibility index (Phi) is 25.9. The molecular formula is C64H83N11O19S. The minimum absolute atomic E-state index is 0.0176. The number of hydrogen-bond acceptors (Lipinski definition) is 24. The second-order valence-electron chi connectivity index (χ2n) is 23.7. The molecule has 3 aliphatic rings. The number of benzene rings is 4. The molecule has 1 aromatic heterocycles. The number of methoxy groups -OCH3 is 1. The number of β-amino-alcohol motifs (C(OH)–C–C–N with tert-alkyl or cyclic N) is 1. The lowest BCUT2D eigenvalue weighted by molar-refractivity contribution is -0.147. The molecule has 0 bridgehead atoms. The van der Waals surface area contributed by atoms with Crippen molar-refractivity contribution >= 4 is 52.7 Å². The van der Waals surface area contributed by atoms with Gasteiger partial charge in [0.05, 0.1) is 62.5 Å². The Morgan fingerprint density at radius 2 is 1.32 bits per heavy atom. The number of aliphatic hydroxyl groups is 8. The van der Waals surface area contributed by atoms with Crippen molar-refractivity contribution < 1.29 is 93.7 Å². The van der Waals surface area contributed by atoms with Crippen molar-refractivity contribution in [2.45, 2.75) is 118 Å². The van der Waals surface area contributed by atoms with Crippen LogP contribution in [0.3, 0.4) is 0 Å². The summed E-state index contributed by atoms with van der Waals surface area (Å²) < 4.78 is 16.4. The highest BCUT2D eigenvalue weighted by Gasteiger charge is 2.50. The van der Waals surface area contributed by atoms with Gasteiger partial charge in [-0.1, -0.05) is 72.9 Å². The first-order valence-electron chi connectivity index (χ1n) is 31.1. The van der Waals surface area contributed by atoms with Gasteiger partial charge in [-0.2, -0.15) is 0 Å². The number of aromatic hydroxyl groups is 1. The zero-order valence-corrected chi connectivity index (χ0v) is 53.3. The third-order valence-corrected chi connectivity index (χ3v) is 17.6. The van der Waals surface area contributed by atoms with E-state index < -0.39 is 159 Å². The van der Waals surface area contributed by atoms with Gasteiger partial charge in [0.2, 0.25) is 35.4 Å². The molecule has 30 nitrogen and oxygen atoms in total. The predicted molar refractivity (Wildman–Crippen MR) is 342 cm³/mol. The summed E-state index contributed by atoms with van der Waals surface area (Å²) in [5.74, 6) is -8.24. The molecule has 0 unspecified atom stereocenters. The first-order chi connectivity index (χ1) is 45.5. The van der Waals surface area contributed by atoms with E-state index in [1.807, 2.05) is 48.5 Å². The Hall–Kier alpha value is -8.31. The van der Waals surface area contributed by atoms with E-state index in [0.29, 0.717) is 28.8 Å². The molecule has 7 amide bonds. The van der Waals surface area contributed by atoms with Crippen LogP contribution in [0.15, 0.2) is 91.0 Å². The van der Waals surface area contributed by atoms with Crippen LogP contribution in [0.5, 0.6) is 17.2 Å². The Balaban J connectivity index is 1.05. The van der Waals surface area contributed by atoms with Gasteiger partial charge in [-0.25, -0.2) is 0 Å². The van der Waals surface area contributed by atoms with E-state index in [9.17, 15) is 79.5 Å². The number of amides is 7. The van der Waals surface area contributed by atoms with Crippen LogP contribution in [0, 0.1) is 5.92 Å². The lowest BCUT2D eigenvalue weighted by Crippen LogP contribution is -2.64. The number of fused-ring (bicyclic) bond motifs is 2. The molecule has 0 radical (unpaired) electrons. The highest BCUT2D eigenvalue weighted by molar-refractivity contribution is 7.17. The number of ether oxygens (including phenoxy) is 3. The fourth-order valence-corrected chi connectivity index (χ4v) is 12.1. The van der Waals surface area contributed by atoms with Crippen molar-refractivity contribution in [3.8, 4) is 49.5 Å². The average Bonchev–Trinajstić information content (AvgIpc) is 1.67. The second-order valence-corrected chi connectivity index (χ2v) is 24.7. The van der Waals surface area contributed by atoms with Crippen molar-refractivity contribution in [1.82, 2.24) is 51.9 Å². The average molecular weight is 1340 g/mol. The molecular weight excluding hydrogens is 1260 g/mol. The predicted octanol–water partition coefficient (Wildman–Crippen LogP) is -3.11. The molecule has 4 heterocycles. The summed E-state index contributed by atoms with van der Waals surface area (Å²) in [6.07, 6.45) is -12.2. The molecule has 13 atom stereocenters. The third kappa shape index (κ3) is 18.6. The van der Waals surface area contributed by atoms with Crippen LogP contribution < -0.4 is 47.1 Å². The summed E-state index contributed by atoms with van der Waals surface area (Å²) in [4.78, 5) is 104. The normalized spacial score (nSPS) is 24.3. The number of phenolic OH excluding ortho intramolecular Hbond substituents is 1. The maximum atomic E-state index is 14.8. The van der Waals surface area contributed by atoms with Crippen LogP contribution in [-0.4, -0.2) is 259 Å². The lowest BCUT2D eigenvalue weighted by atomic mass is 9.98. The van der Waals surface area contributed by atoms with Gasteiger partial charge in [0, 0.05) is 75.2 Å². The van der Waals surface area contributed by atoms with Crippen molar-refractivity contribution in [2.24, 2.45) is 11.7 Å². The quantitative estimate of drug-likeness (QED) is 0.0288. The summed E-state index contributed by atoms with van der Waals surface area (Å²) in [7, 11) is 1.60. The number of carbonyl (C=O) groups is 7. The Morgan fingerprint density at radius 3 is 1.95 bits per heavy atom. The molecule has 8 rings (SSSR count). The van der Waals surface area contributed by atoms with E-state index in [2.05, 4.69) is 42.1 Å². The van der Waals surface area contributed by atoms with Gasteiger partial charge >= 0.3 is 0 Å². The van der Waals surface area contributed by atoms with Gasteiger partial charge in [-0.05, 0) is 73.0 Å².